The van der Waals surface area contributed by atoms with Gasteiger partial charge in [0.2, 0.25) is 6.79 Å². The molecule has 0 aliphatic carbocycles. The quantitative estimate of drug-likeness (QED) is 0.819. The first kappa shape index (κ1) is 15.6. The van der Waals surface area contributed by atoms with E-state index in [2.05, 4.69) is 0 Å². The summed E-state index contributed by atoms with van der Waals surface area (Å²) in [7, 11) is -1.53. The molecule has 7 heteroatoms. The highest BCUT2D eigenvalue weighted by Gasteiger charge is 2.24. The summed E-state index contributed by atoms with van der Waals surface area (Å²) in [6.07, 6.45) is 0. The van der Waals surface area contributed by atoms with Crippen molar-refractivity contribution in [3.05, 3.63) is 23.8 Å². The maximum atomic E-state index is 12.4. The van der Waals surface area contributed by atoms with Gasteiger partial charge in [-0.3, -0.25) is 4.79 Å². The molecule has 0 saturated carbocycles. The monoisotopic (exact) mass is 313 g/mol. The van der Waals surface area contributed by atoms with Gasteiger partial charge in [0.05, 0.1) is 5.75 Å². The van der Waals surface area contributed by atoms with Crippen molar-refractivity contribution in [2.75, 3.05) is 25.3 Å². The number of nitrogens with zero attached hydrogens (tertiary/aromatic N) is 1. The van der Waals surface area contributed by atoms with Gasteiger partial charge in [0.25, 0.3) is 5.91 Å². The number of benzene rings is 1. The number of carbonyl (C=O) groups excluding carboxylic acids is 1. The van der Waals surface area contributed by atoms with Crippen LogP contribution in [0.25, 0.3) is 0 Å². The van der Waals surface area contributed by atoms with Crippen LogP contribution in [0.2, 0.25) is 0 Å². The first-order valence-corrected chi connectivity index (χ1v) is 8.53. The van der Waals surface area contributed by atoms with Crippen molar-refractivity contribution in [1.82, 2.24) is 4.90 Å². The molecule has 1 aliphatic heterocycles. The Morgan fingerprint density at radius 2 is 2.00 bits per heavy atom. The zero-order valence-electron chi connectivity index (χ0n) is 12.3. The second-order valence-electron chi connectivity index (χ2n) is 5.03. The highest BCUT2D eigenvalue weighted by atomic mass is 32.2. The van der Waals surface area contributed by atoms with Gasteiger partial charge in [-0.15, -0.1) is 0 Å². The Hall–Kier alpha value is -1.76. The maximum absolute atomic E-state index is 12.4. The standard InChI is InChI=1S/C14H19NO5S/c1-4-21(17,18)8-10(2)15(3)14(16)11-5-6-12-13(7-11)20-9-19-12/h5-7,10H,4,8-9H2,1-3H3/t10-/m0/s1. The Labute approximate surface area is 124 Å². The maximum Gasteiger partial charge on any atom is 0.254 e. The van der Waals surface area contributed by atoms with Crippen molar-refractivity contribution in [1.29, 1.82) is 0 Å². The summed E-state index contributed by atoms with van der Waals surface area (Å²) >= 11 is 0. The van der Waals surface area contributed by atoms with Crippen LogP contribution in [0.4, 0.5) is 0 Å². The molecule has 1 aromatic carbocycles. The fourth-order valence-corrected chi connectivity index (χ4v) is 3.22. The van der Waals surface area contributed by atoms with E-state index in [1.165, 1.54) is 4.90 Å². The topological polar surface area (TPSA) is 72.9 Å². The van der Waals surface area contributed by atoms with E-state index in [1.807, 2.05) is 0 Å². The van der Waals surface area contributed by atoms with Crippen molar-refractivity contribution in [3.8, 4) is 11.5 Å². The van der Waals surface area contributed by atoms with Gasteiger partial charge in [0.15, 0.2) is 21.3 Å². The van der Waals surface area contributed by atoms with E-state index in [4.69, 9.17) is 9.47 Å². The van der Waals surface area contributed by atoms with Crippen LogP contribution in [0, 0.1) is 0 Å². The van der Waals surface area contributed by atoms with Crippen molar-refractivity contribution in [3.63, 3.8) is 0 Å². The third kappa shape index (κ3) is 3.47. The van der Waals surface area contributed by atoms with Crippen molar-refractivity contribution in [2.45, 2.75) is 19.9 Å². The van der Waals surface area contributed by atoms with Gasteiger partial charge in [0, 0.05) is 24.4 Å². The van der Waals surface area contributed by atoms with E-state index in [9.17, 15) is 13.2 Å². The highest BCUT2D eigenvalue weighted by molar-refractivity contribution is 7.91. The third-order valence-corrected chi connectivity index (χ3v) is 5.41. The van der Waals surface area contributed by atoms with E-state index in [0.29, 0.717) is 17.1 Å². The number of fused-ring (bicyclic) bond motifs is 1. The lowest BCUT2D eigenvalue weighted by Gasteiger charge is -2.24. The number of ether oxygens (including phenoxy) is 2. The van der Waals surface area contributed by atoms with Gasteiger partial charge >= 0.3 is 0 Å². The summed E-state index contributed by atoms with van der Waals surface area (Å²) in [5.41, 5.74) is 0.447. The SMILES string of the molecule is CCS(=O)(=O)C[C@H](C)N(C)C(=O)c1ccc2c(c1)OCO2. The molecule has 1 aliphatic rings. The van der Waals surface area contributed by atoms with E-state index < -0.39 is 15.9 Å². The first-order valence-electron chi connectivity index (χ1n) is 6.71. The number of rotatable bonds is 5. The molecule has 6 nitrogen and oxygen atoms in total. The van der Waals surface area contributed by atoms with Crippen LogP contribution in [0.15, 0.2) is 18.2 Å². The fraction of sp³-hybridized carbons (Fsp3) is 0.500. The molecular weight excluding hydrogens is 294 g/mol. The largest absolute Gasteiger partial charge is 0.454 e. The van der Waals surface area contributed by atoms with Gasteiger partial charge < -0.3 is 14.4 Å². The first-order chi connectivity index (χ1) is 9.84. The molecule has 0 fully saturated rings. The second-order valence-corrected chi connectivity index (χ2v) is 7.43. The Balaban J connectivity index is 2.12. The molecule has 0 unspecified atom stereocenters. The average molecular weight is 313 g/mol. The second kappa shape index (κ2) is 5.93. The highest BCUT2D eigenvalue weighted by Crippen LogP contribution is 2.32. The molecule has 1 amide bonds. The van der Waals surface area contributed by atoms with Gasteiger partial charge in [0.1, 0.15) is 0 Å². The van der Waals surface area contributed by atoms with Crippen molar-refractivity contribution < 1.29 is 22.7 Å². The lowest BCUT2D eigenvalue weighted by molar-refractivity contribution is 0.0756. The summed E-state index contributed by atoms with van der Waals surface area (Å²) in [5, 5.41) is 0. The molecule has 0 spiro atoms. The molecule has 21 heavy (non-hydrogen) atoms. The molecule has 116 valence electrons. The molecular formula is C14H19NO5S. The zero-order chi connectivity index (χ0) is 15.6. The van der Waals surface area contributed by atoms with Crippen molar-refractivity contribution in [2.24, 2.45) is 0 Å². The molecule has 0 N–H and O–H groups in total. The molecule has 1 atom stereocenters. The smallest absolute Gasteiger partial charge is 0.254 e. The predicted molar refractivity (Wildman–Crippen MR) is 78.4 cm³/mol. The molecule has 0 bridgehead atoms. The lowest BCUT2D eigenvalue weighted by Crippen LogP contribution is -2.39. The Morgan fingerprint density at radius 1 is 1.33 bits per heavy atom. The summed E-state index contributed by atoms with van der Waals surface area (Å²) < 4.78 is 33.7. The van der Waals surface area contributed by atoms with Crippen LogP contribution in [-0.4, -0.2) is 50.6 Å². The summed E-state index contributed by atoms with van der Waals surface area (Å²) in [4.78, 5) is 13.8. The Bertz CT molecular complexity index is 641. The summed E-state index contributed by atoms with van der Waals surface area (Å²) in [6, 6.07) is 4.54. The van der Waals surface area contributed by atoms with Crippen LogP contribution in [0.5, 0.6) is 11.5 Å². The minimum absolute atomic E-state index is 0.0453. The van der Waals surface area contributed by atoms with E-state index in [-0.39, 0.29) is 24.2 Å². The zero-order valence-corrected chi connectivity index (χ0v) is 13.1. The number of hydrogen-bond acceptors (Lipinski definition) is 5. The number of hydrogen-bond donors (Lipinski definition) is 0. The molecule has 0 aromatic heterocycles. The normalized spacial score (nSPS) is 14.8. The van der Waals surface area contributed by atoms with Gasteiger partial charge in [-0.05, 0) is 25.1 Å². The number of amides is 1. The van der Waals surface area contributed by atoms with Crippen LogP contribution >= 0.6 is 0 Å². The number of sulfone groups is 1. The number of carbonyl (C=O) groups is 1. The van der Waals surface area contributed by atoms with Crippen LogP contribution in [0.3, 0.4) is 0 Å². The molecule has 1 heterocycles. The fourth-order valence-electron chi connectivity index (χ4n) is 2.03. The molecule has 2 rings (SSSR count). The van der Waals surface area contributed by atoms with Crippen LogP contribution < -0.4 is 9.47 Å². The average Bonchev–Trinajstić information content (AvgIpc) is 2.92. The van der Waals surface area contributed by atoms with Crippen LogP contribution in [-0.2, 0) is 9.84 Å². The lowest BCUT2D eigenvalue weighted by atomic mass is 10.1. The van der Waals surface area contributed by atoms with Gasteiger partial charge in [-0.2, -0.15) is 0 Å². The Morgan fingerprint density at radius 3 is 2.67 bits per heavy atom. The predicted octanol–water partition coefficient (Wildman–Crippen LogP) is 1.31. The van der Waals surface area contributed by atoms with E-state index in [0.717, 1.165) is 0 Å². The Kier molecular flexibility index (Phi) is 4.41. The van der Waals surface area contributed by atoms with Gasteiger partial charge in [-0.1, -0.05) is 6.92 Å². The van der Waals surface area contributed by atoms with Crippen LogP contribution in [0.1, 0.15) is 24.2 Å². The summed E-state index contributed by atoms with van der Waals surface area (Å²) in [5.74, 6) is 0.922. The third-order valence-electron chi connectivity index (χ3n) is 3.54. The molecule has 0 saturated heterocycles. The van der Waals surface area contributed by atoms with Gasteiger partial charge in [-0.25, -0.2) is 8.42 Å². The molecule has 1 aromatic rings. The minimum Gasteiger partial charge on any atom is -0.454 e. The summed E-state index contributed by atoms with van der Waals surface area (Å²) in [6.45, 7) is 3.47. The van der Waals surface area contributed by atoms with Crippen molar-refractivity contribution >= 4 is 15.7 Å². The van der Waals surface area contributed by atoms with E-state index in [1.54, 1.807) is 39.1 Å². The van der Waals surface area contributed by atoms with E-state index >= 15 is 0 Å². The molecule has 0 radical (unpaired) electrons. The minimum atomic E-state index is -3.13.